The maximum atomic E-state index is 11.1. The van der Waals surface area contributed by atoms with Crippen LogP contribution in [-0.2, 0) is 12.8 Å². The summed E-state index contributed by atoms with van der Waals surface area (Å²) in [7, 11) is 0. The van der Waals surface area contributed by atoms with Gasteiger partial charge in [-0.05, 0) is 66.7 Å². The number of aromatic nitrogens is 8. The quantitative estimate of drug-likeness (QED) is 0.0432. The van der Waals surface area contributed by atoms with Gasteiger partial charge in [0.1, 0.15) is 34.5 Å². The van der Waals surface area contributed by atoms with Crippen LogP contribution in [0.1, 0.15) is 23.3 Å². The molecule has 0 bridgehead atoms. The number of hydrogen-bond donors (Lipinski definition) is 9. The number of nitrogen functional groups attached to an aromatic ring is 5. The number of rotatable bonds is 6. The zero-order valence-electron chi connectivity index (χ0n) is 33.2. The lowest BCUT2D eigenvalue weighted by Gasteiger charge is -1.98. The van der Waals surface area contributed by atoms with Gasteiger partial charge < -0.3 is 48.6 Å². The van der Waals surface area contributed by atoms with Gasteiger partial charge in [-0.15, -0.1) is 0 Å². The van der Waals surface area contributed by atoms with Crippen molar-refractivity contribution in [1.29, 1.82) is 0 Å². The maximum Gasteiger partial charge on any atom is 0.297 e. The maximum absolute atomic E-state index is 11.1. The molecule has 0 saturated carbocycles. The molecule has 0 aliphatic heterocycles. The van der Waals surface area contributed by atoms with Gasteiger partial charge in [0.05, 0.1) is 78.5 Å². The number of benzene rings is 6. The van der Waals surface area contributed by atoms with Gasteiger partial charge in [-0.25, -0.2) is 19.9 Å². The van der Waals surface area contributed by atoms with Crippen molar-refractivity contribution in [2.75, 3.05) is 28.7 Å². The zero-order chi connectivity index (χ0) is 45.7. The Bertz CT molecular complexity index is 3330. The van der Waals surface area contributed by atoms with E-state index in [-0.39, 0.29) is 22.7 Å². The standard InChI is InChI=1S/C15H10ClN5O2.C15H12ClN5.C6H8ClN2.C6H7N3O2/c16-8-4-5-9-11(6-8)19-13(17-9)7-14-18-10-2-1-3-12(21(22)23)15(10)20-14;16-8-4-5-10-12(6-8)20-13(18-10)7-14-19-11-3-1-2-9(17)15(11)21-14;7-4-1-2-5(8)6(9)3-4;7-4-2-1-3-5(6(4)8)9(10)11/h1-6H,7H2,(H,17,19)(H,18,20);1-6H,7,17H2,(H,18,20)(H,19,21);1-3,7H,8-9H2;1-3H,7-8H2/q;;+1;. The normalized spacial score (nSPS) is 10.8. The number of nitrogens with one attached hydrogen (secondary N) is 4. The largest absolute Gasteiger partial charge is 0.397 e. The third-order valence-corrected chi connectivity index (χ3v) is 10.1. The Morgan fingerprint density at radius 2 is 0.969 bits per heavy atom. The Hall–Kier alpha value is -8.13. The average molecular weight is 922 g/mol. The third-order valence-electron chi connectivity index (χ3n) is 9.36. The molecule has 4 aromatic heterocycles. The van der Waals surface area contributed by atoms with Gasteiger partial charge >= 0.3 is 0 Å². The first kappa shape index (κ1) is 43.9. The highest BCUT2D eigenvalue weighted by molar-refractivity contribution is 6.31. The van der Waals surface area contributed by atoms with Gasteiger partial charge in [0.25, 0.3) is 11.4 Å². The first-order valence-corrected chi connectivity index (χ1v) is 20.0. The monoisotopic (exact) mass is 920 g/mol. The second-order valence-corrected chi connectivity index (χ2v) is 15.3. The summed E-state index contributed by atoms with van der Waals surface area (Å²) in [6, 6.07) is 31.0. The molecule has 324 valence electrons. The van der Waals surface area contributed by atoms with E-state index in [1.165, 1.54) is 24.3 Å². The first-order valence-electron chi connectivity index (χ1n) is 18.9. The molecule has 22 heteroatoms. The Kier molecular flexibility index (Phi) is 13.0. The van der Waals surface area contributed by atoms with Gasteiger partial charge in [-0.2, -0.15) is 0 Å². The highest BCUT2D eigenvalue weighted by Gasteiger charge is 2.17. The first-order chi connectivity index (χ1) is 30.6. The topological polar surface area (TPSA) is 331 Å². The molecule has 6 aromatic carbocycles. The molecule has 4 heterocycles. The number of anilines is 5. The summed E-state index contributed by atoms with van der Waals surface area (Å²) < 4.78 is 0. The molecule has 0 aliphatic rings. The van der Waals surface area contributed by atoms with Gasteiger partial charge in [0.15, 0.2) is 17.1 Å². The van der Waals surface area contributed by atoms with E-state index in [9.17, 15) is 20.2 Å². The Morgan fingerprint density at radius 3 is 1.48 bits per heavy atom. The Labute approximate surface area is 376 Å². The summed E-state index contributed by atoms with van der Waals surface area (Å²) >= 11 is 16.8. The molecule has 10 rings (SSSR count). The van der Waals surface area contributed by atoms with Crippen LogP contribution in [0.15, 0.2) is 109 Å². The Morgan fingerprint density at radius 1 is 0.500 bits per heavy atom. The van der Waals surface area contributed by atoms with E-state index in [1.54, 1.807) is 42.5 Å². The number of H-pyrrole nitrogens is 4. The van der Waals surface area contributed by atoms with E-state index in [0.29, 0.717) is 62.6 Å². The number of halogens is 3. The molecule has 0 saturated heterocycles. The van der Waals surface area contributed by atoms with E-state index in [1.807, 2.05) is 42.5 Å². The van der Waals surface area contributed by atoms with Crippen LogP contribution in [0.4, 0.5) is 39.8 Å². The SMILES string of the molecule is Nc1ccc([ClH+])cc1N.Nc1cccc([N+](=O)[O-])c1N.Nc1cccc2[nH]c(Cc3nc4ccc(Cl)cc4[nH]3)nc12.O=[N+]([O-])c1cccc2[nH]c(Cc3nc4ccc(Cl)cc4[nH]3)nc12. The van der Waals surface area contributed by atoms with Crippen LogP contribution in [0.2, 0.25) is 15.1 Å². The van der Waals surface area contributed by atoms with Crippen LogP contribution in [0.3, 0.4) is 0 Å². The van der Waals surface area contributed by atoms with Crippen molar-refractivity contribution in [2.24, 2.45) is 0 Å². The van der Waals surface area contributed by atoms with E-state index in [2.05, 4.69) is 39.9 Å². The number of fused-ring (bicyclic) bond motifs is 4. The zero-order valence-corrected chi connectivity index (χ0v) is 35.5. The summed E-state index contributed by atoms with van der Waals surface area (Å²) in [6.45, 7) is 0. The number of nitro benzene ring substituents is 2. The van der Waals surface area contributed by atoms with Crippen molar-refractivity contribution in [2.45, 2.75) is 12.8 Å². The van der Waals surface area contributed by atoms with Crippen LogP contribution in [0, 0.1) is 31.8 Å². The number of nitro groups is 2. The van der Waals surface area contributed by atoms with Crippen LogP contribution in [0.5, 0.6) is 0 Å². The number of non-ortho nitro benzene ring substituents is 1. The smallest absolute Gasteiger partial charge is 0.297 e. The number of imidazole rings is 4. The summed E-state index contributed by atoms with van der Waals surface area (Å²) in [5, 5.41) is 23.3. The van der Waals surface area contributed by atoms with E-state index < -0.39 is 9.85 Å². The number of nitrogens with two attached hydrogens (primary N) is 5. The number of nitrogens with zero attached hydrogens (tertiary/aromatic N) is 6. The summed E-state index contributed by atoms with van der Waals surface area (Å²) in [5.74, 6) is 2.99. The molecular formula is C42H37Cl3N15O4+. The summed E-state index contributed by atoms with van der Waals surface area (Å²) in [6.07, 6.45) is 0.999. The molecule has 0 amide bonds. The summed E-state index contributed by atoms with van der Waals surface area (Å²) in [4.78, 5) is 51.0. The molecule has 10 aromatic rings. The molecular weight excluding hydrogens is 885 g/mol. The molecule has 0 fully saturated rings. The Balaban J connectivity index is 0.000000137. The van der Waals surface area contributed by atoms with Crippen molar-refractivity contribution in [3.63, 3.8) is 0 Å². The highest BCUT2D eigenvalue weighted by Crippen LogP contribution is 2.27. The summed E-state index contributed by atoms with van der Waals surface area (Å²) in [5.41, 5.74) is 35.5. The molecule has 19 nitrogen and oxygen atoms in total. The molecule has 0 radical (unpaired) electrons. The van der Waals surface area contributed by atoms with Crippen LogP contribution in [0.25, 0.3) is 44.1 Å². The predicted molar refractivity (Wildman–Crippen MR) is 249 cm³/mol. The fraction of sp³-hybridized carbons (Fsp3) is 0.0476. The molecule has 0 unspecified atom stereocenters. The molecule has 14 N–H and O–H groups in total. The molecule has 64 heavy (non-hydrogen) atoms. The van der Waals surface area contributed by atoms with E-state index in [4.69, 9.17) is 63.5 Å². The second kappa shape index (κ2) is 18.9. The van der Waals surface area contributed by atoms with Crippen molar-refractivity contribution < 1.29 is 21.4 Å². The highest BCUT2D eigenvalue weighted by atomic mass is 35.5. The van der Waals surface area contributed by atoms with E-state index >= 15 is 0 Å². The number of hydrogen-bond acceptors (Lipinski definition) is 13. The van der Waals surface area contributed by atoms with Crippen LogP contribution < -0.4 is 28.7 Å². The van der Waals surface area contributed by atoms with Gasteiger partial charge in [-0.3, -0.25) is 20.2 Å². The van der Waals surface area contributed by atoms with Gasteiger partial charge in [-0.1, -0.05) is 41.4 Å². The third kappa shape index (κ3) is 10.3. The van der Waals surface area contributed by atoms with Crippen molar-refractivity contribution >= 4 is 107 Å². The fourth-order valence-corrected chi connectivity index (χ4v) is 6.86. The van der Waals surface area contributed by atoms with Crippen molar-refractivity contribution in [3.8, 4) is 0 Å². The lowest BCUT2D eigenvalue weighted by Crippen LogP contribution is -1.99. The number of para-hydroxylation sites is 3. The average Bonchev–Trinajstić information content (AvgIpc) is 4.05. The van der Waals surface area contributed by atoms with Crippen LogP contribution in [-0.4, -0.2) is 49.7 Å². The minimum absolute atomic E-state index is 0.0126. The predicted octanol–water partition coefficient (Wildman–Crippen LogP) is 8.16. The fourth-order valence-electron chi connectivity index (χ4n) is 6.32. The molecule has 0 atom stereocenters. The minimum Gasteiger partial charge on any atom is -0.397 e. The minimum atomic E-state index is -0.564. The van der Waals surface area contributed by atoms with Crippen molar-refractivity contribution in [1.82, 2.24) is 39.9 Å². The number of aromatic amines is 4. The lowest BCUT2D eigenvalue weighted by atomic mass is 10.2. The lowest BCUT2D eigenvalue weighted by molar-refractivity contribution is -0.383. The second-order valence-electron chi connectivity index (χ2n) is 13.9. The van der Waals surface area contributed by atoms with E-state index in [0.717, 1.165) is 49.8 Å². The van der Waals surface area contributed by atoms with Crippen molar-refractivity contribution in [3.05, 3.63) is 168 Å². The van der Waals surface area contributed by atoms with Gasteiger partial charge in [0, 0.05) is 34.3 Å². The molecule has 0 spiro atoms. The molecule has 0 aliphatic carbocycles. The van der Waals surface area contributed by atoms with Gasteiger partial charge in [0.2, 0.25) is 5.02 Å². The van der Waals surface area contributed by atoms with Crippen LogP contribution >= 0.6 is 23.2 Å².